The summed E-state index contributed by atoms with van der Waals surface area (Å²) in [6.45, 7) is 2.34. The average Bonchev–Trinajstić information content (AvgIpc) is 2.96. The first kappa shape index (κ1) is 13.4. The largest absolute Gasteiger partial charge is 0.489 e. The Hall–Kier alpha value is -2.55. The predicted octanol–water partition coefficient (Wildman–Crippen LogP) is 4.60. The van der Waals surface area contributed by atoms with E-state index in [1.165, 1.54) is 0 Å². The van der Waals surface area contributed by atoms with Crippen LogP contribution in [0, 0.1) is 0 Å². The van der Waals surface area contributed by atoms with Crippen LogP contribution in [0.25, 0.3) is 11.0 Å². The summed E-state index contributed by atoms with van der Waals surface area (Å²) in [7, 11) is 0. The Labute approximate surface area is 123 Å². The minimum Gasteiger partial charge on any atom is -0.489 e. The Morgan fingerprint density at radius 2 is 1.90 bits per heavy atom. The molecule has 0 N–H and O–H groups in total. The van der Waals surface area contributed by atoms with Gasteiger partial charge in [0.25, 0.3) is 0 Å². The second-order valence-corrected chi connectivity index (χ2v) is 4.86. The van der Waals surface area contributed by atoms with Gasteiger partial charge in [0.05, 0.1) is 0 Å². The lowest BCUT2D eigenvalue weighted by Gasteiger charge is -2.05. The molecule has 1 aromatic heterocycles. The summed E-state index contributed by atoms with van der Waals surface area (Å²) < 4.78 is 11.3. The first-order valence-corrected chi connectivity index (χ1v) is 7.00. The van der Waals surface area contributed by atoms with Crippen molar-refractivity contribution in [2.75, 3.05) is 0 Å². The number of rotatable bonds is 5. The molecule has 0 spiro atoms. The van der Waals surface area contributed by atoms with Gasteiger partial charge in [0.1, 0.15) is 17.9 Å². The molecule has 21 heavy (non-hydrogen) atoms. The summed E-state index contributed by atoms with van der Waals surface area (Å²) in [5.41, 5.74) is 1.82. The number of Topliss-reactive ketones (excluding diaryl/α,β-unsaturated/α-hetero) is 1. The standard InChI is InChI=1S/C18H16O3/c1-2-16(19)18-11-14-10-15(8-9-17(14)21-18)20-12-13-6-4-3-5-7-13/h3-11H,2,12H2,1H3. The maximum Gasteiger partial charge on any atom is 0.197 e. The molecule has 2 aromatic carbocycles. The molecule has 0 unspecified atom stereocenters. The van der Waals surface area contributed by atoms with E-state index in [2.05, 4.69) is 0 Å². The molecule has 0 atom stereocenters. The van der Waals surface area contributed by atoms with Crippen molar-refractivity contribution in [3.63, 3.8) is 0 Å². The van der Waals surface area contributed by atoms with Crippen LogP contribution in [0.2, 0.25) is 0 Å². The van der Waals surface area contributed by atoms with E-state index in [4.69, 9.17) is 9.15 Å². The van der Waals surface area contributed by atoms with Crippen LogP contribution in [0.4, 0.5) is 0 Å². The van der Waals surface area contributed by atoms with Gasteiger partial charge in [0.2, 0.25) is 0 Å². The molecule has 0 aliphatic heterocycles. The Balaban J connectivity index is 1.79. The second kappa shape index (κ2) is 5.83. The highest BCUT2D eigenvalue weighted by Crippen LogP contribution is 2.25. The lowest BCUT2D eigenvalue weighted by atomic mass is 10.2. The molecular weight excluding hydrogens is 264 g/mol. The van der Waals surface area contributed by atoms with Gasteiger partial charge in [-0.15, -0.1) is 0 Å². The zero-order valence-corrected chi connectivity index (χ0v) is 11.8. The second-order valence-electron chi connectivity index (χ2n) is 4.86. The van der Waals surface area contributed by atoms with Gasteiger partial charge >= 0.3 is 0 Å². The Morgan fingerprint density at radius 3 is 2.67 bits per heavy atom. The van der Waals surface area contributed by atoms with Crippen LogP contribution in [-0.4, -0.2) is 5.78 Å². The number of benzene rings is 2. The fourth-order valence-electron chi connectivity index (χ4n) is 2.16. The number of carbonyl (C=O) groups is 1. The SMILES string of the molecule is CCC(=O)c1cc2cc(OCc3ccccc3)ccc2o1. The minimum absolute atomic E-state index is 0.0120. The highest BCUT2D eigenvalue weighted by atomic mass is 16.5. The van der Waals surface area contributed by atoms with E-state index >= 15 is 0 Å². The fraction of sp³-hybridized carbons (Fsp3) is 0.167. The van der Waals surface area contributed by atoms with Crippen LogP contribution in [0.1, 0.15) is 29.5 Å². The number of hydrogen-bond donors (Lipinski definition) is 0. The van der Waals surface area contributed by atoms with Gasteiger partial charge in [-0.3, -0.25) is 4.79 Å². The average molecular weight is 280 g/mol. The molecule has 0 aliphatic carbocycles. The molecule has 3 heteroatoms. The van der Waals surface area contributed by atoms with Crippen LogP contribution in [0.15, 0.2) is 59.0 Å². The lowest BCUT2D eigenvalue weighted by molar-refractivity contribution is 0.0963. The van der Waals surface area contributed by atoms with Crippen molar-refractivity contribution in [3.05, 3.63) is 65.9 Å². The van der Waals surface area contributed by atoms with E-state index in [1.807, 2.05) is 55.5 Å². The maximum absolute atomic E-state index is 11.7. The van der Waals surface area contributed by atoms with Crippen molar-refractivity contribution in [2.45, 2.75) is 20.0 Å². The topological polar surface area (TPSA) is 39.4 Å². The van der Waals surface area contributed by atoms with E-state index in [1.54, 1.807) is 6.07 Å². The number of ketones is 1. The normalized spacial score (nSPS) is 10.7. The van der Waals surface area contributed by atoms with E-state index < -0.39 is 0 Å². The summed E-state index contributed by atoms with van der Waals surface area (Å²) in [6.07, 6.45) is 0.442. The molecule has 0 aliphatic rings. The molecule has 0 saturated heterocycles. The van der Waals surface area contributed by atoms with Crippen LogP contribution >= 0.6 is 0 Å². The molecule has 0 amide bonds. The van der Waals surface area contributed by atoms with Gasteiger partial charge in [-0.1, -0.05) is 37.3 Å². The minimum atomic E-state index is 0.0120. The van der Waals surface area contributed by atoms with Crippen molar-refractivity contribution in [3.8, 4) is 5.75 Å². The van der Waals surface area contributed by atoms with Crippen molar-refractivity contribution in [2.24, 2.45) is 0 Å². The zero-order chi connectivity index (χ0) is 14.7. The Kier molecular flexibility index (Phi) is 3.73. The predicted molar refractivity (Wildman–Crippen MR) is 81.6 cm³/mol. The van der Waals surface area contributed by atoms with E-state index in [0.717, 1.165) is 16.7 Å². The van der Waals surface area contributed by atoms with Gasteiger partial charge < -0.3 is 9.15 Å². The quantitative estimate of drug-likeness (QED) is 0.641. The first-order chi connectivity index (χ1) is 10.3. The molecule has 106 valence electrons. The molecule has 3 aromatic rings. The van der Waals surface area contributed by atoms with Gasteiger partial charge in [-0.2, -0.15) is 0 Å². The van der Waals surface area contributed by atoms with Gasteiger partial charge in [-0.05, 0) is 29.8 Å². The van der Waals surface area contributed by atoms with Gasteiger partial charge in [-0.25, -0.2) is 0 Å². The fourth-order valence-corrected chi connectivity index (χ4v) is 2.16. The van der Waals surface area contributed by atoms with E-state index in [9.17, 15) is 4.79 Å². The van der Waals surface area contributed by atoms with Crippen molar-refractivity contribution < 1.29 is 13.9 Å². The Morgan fingerprint density at radius 1 is 1.10 bits per heavy atom. The maximum atomic E-state index is 11.7. The summed E-state index contributed by atoms with van der Waals surface area (Å²) in [4.78, 5) is 11.7. The molecule has 1 heterocycles. The molecule has 0 saturated carbocycles. The summed E-state index contributed by atoms with van der Waals surface area (Å²) in [5, 5.41) is 0.886. The lowest BCUT2D eigenvalue weighted by Crippen LogP contribution is -1.94. The van der Waals surface area contributed by atoms with Crippen molar-refractivity contribution in [1.29, 1.82) is 0 Å². The van der Waals surface area contributed by atoms with Crippen LogP contribution in [0.5, 0.6) is 5.75 Å². The highest BCUT2D eigenvalue weighted by molar-refractivity contribution is 5.97. The number of hydrogen-bond acceptors (Lipinski definition) is 3. The van der Waals surface area contributed by atoms with Gasteiger partial charge in [0.15, 0.2) is 11.5 Å². The molecule has 0 fully saturated rings. The van der Waals surface area contributed by atoms with Crippen LogP contribution < -0.4 is 4.74 Å². The highest BCUT2D eigenvalue weighted by Gasteiger charge is 2.10. The van der Waals surface area contributed by atoms with Crippen molar-refractivity contribution >= 4 is 16.8 Å². The summed E-state index contributed by atoms with van der Waals surface area (Å²) in [6, 6.07) is 17.4. The third kappa shape index (κ3) is 2.97. The first-order valence-electron chi connectivity index (χ1n) is 7.00. The van der Waals surface area contributed by atoms with Crippen molar-refractivity contribution in [1.82, 2.24) is 0 Å². The summed E-state index contributed by atoms with van der Waals surface area (Å²) >= 11 is 0. The third-order valence-electron chi connectivity index (χ3n) is 3.33. The number of furan rings is 1. The van der Waals surface area contributed by atoms with Crippen LogP contribution in [-0.2, 0) is 6.61 Å². The Bertz CT molecular complexity index is 756. The van der Waals surface area contributed by atoms with Crippen LogP contribution in [0.3, 0.4) is 0 Å². The molecule has 0 radical (unpaired) electrons. The molecule has 3 nitrogen and oxygen atoms in total. The molecular formula is C18H16O3. The van der Waals surface area contributed by atoms with E-state index in [-0.39, 0.29) is 5.78 Å². The van der Waals surface area contributed by atoms with Gasteiger partial charge in [0, 0.05) is 11.8 Å². The molecule has 3 rings (SSSR count). The summed E-state index contributed by atoms with van der Waals surface area (Å²) in [5.74, 6) is 1.19. The number of ether oxygens (including phenoxy) is 1. The monoisotopic (exact) mass is 280 g/mol. The third-order valence-corrected chi connectivity index (χ3v) is 3.33. The molecule has 0 bridgehead atoms. The zero-order valence-electron chi connectivity index (χ0n) is 11.8. The number of carbonyl (C=O) groups excluding carboxylic acids is 1. The smallest absolute Gasteiger partial charge is 0.197 e. The van der Waals surface area contributed by atoms with E-state index in [0.29, 0.717) is 24.4 Å². The number of fused-ring (bicyclic) bond motifs is 1.